The van der Waals surface area contributed by atoms with Crippen LogP contribution in [0.25, 0.3) is 10.2 Å². The van der Waals surface area contributed by atoms with Crippen LogP contribution in [0, 0.1) is 5.82 Å². The molecule has 0 fully saturated rings. The number of aromatic nitrogens is 5. The fourth-order valence-electron chi connectivity index (χ4n) is 2.57. The van der Waals surface area contributed by atoms with Crippen LogP contribution in [0.2, 0.25) is 0 Å². The van der Waals surface area contributed by atoms with E-state index in [0.29, 0.717) is 39.0 Å². The summed E-state index contributed by atoms with van der Waals surface area (Å²) in [5.41, 5.74) is 1.05. The second kappa shape index (κ2) is 7.69. The quantitative estimate of drug-likeness (QED) is 0.536. The summed E-state index contributed by atoms with van der Waals surface area (Å²) in [7, 11) is 0. The Morgan fingerprint density at radius 1 is 1.29 bits per heavy atom. The average Bonchev–Trinajstić information content (AvgIpc) is 3.32. The first kappa shape index (κ1) is 18.0. The Bertz CT molecular complexity index is 1140. The summed E-state index contributed by atoms with van der Waals surface area (Å²) >= 11 is 1.21. The van der Waals surface area contributed by atoms with Gasteiger partial charge in [-0.15, -0.1) is 5.10 Å². The molecular formula is C18H15FN6O2S. The molecule has 0 spiro atoms. The molecule has 0 aliphatic carbocycles. The molecule has 28 heavy (non-hydrogen) atoms. The van der Waals surface area contributed by atoms with Gasteiger partial charge in [-0.25, -0.2) is 14.1 Å². The second-order valence-corrected chi connectivity index (χ2v) is 6.84. The number of nitrogens with one attached hydrogen (secondary N) is 1. The number of nitrogens with zero attached hydrogens (tertiary/aromatic N) is 5. The van der Waals surface area contributed by atoms with E-state index in [1.54, 1.807) is 35.0 Å². The molecule has 0 unspecified atom stereocenters. The summed E-state index contributed by atoms with van der Waals surface area (Å²) in [6.45, 7) is 2.76. The average molecular weight is 398 g/mol. The molecule has 2 heterocycles. The molecule has 1 amide bonds. The number of anilines is 1. The van der Waals surface area contributed by atoms with E-state index in [0.717, 1.165) is 0 Å². The maximum atomic E-state index is 13.3. The van der Waals surface area contributed by atoms with Crippen molar-refractivity contribution in [3.05, 3.63) is 59.7 Å². The summed E-state index contributed by atoms with van der Waals surface area (Å²) in [5, 5.41) is 14.5. The van der Waals surface area contributed by atoms with E-state index >= 15 is 0 Å². The number of fused-ring (bicyclic) bond motifs is 1. The van der Waals surface area contributed by atoms with Crippen LogP contribution in [0.3, 0.4) is 0 Å². The van der Waals surface area contributed by atoms with Crippen LogP contribution < -0.4 is 10.1 Å². The van der Waals surface area contributed by atoms with E-state index in [2.05, 4.69) is 25.8 Å². The highest BCUT2D eigenvalue weighted by Gasteiger charge is 2.12. The number of halogens is 1. The van der Waals surface area contributed by atoms with Crippen LogP contribution in [-0.2, 0) is 13.2 Å². The van der Waals surface area contributed by atoms with Gasteiger partial charge in [0.15, 0.2) is 11.0 Å². The smallest absolute Gasteiger partial charge is 0.257 e. The van der Waals surface area contributed by atoms with E-state index in [-0.39, 0.29) is 18.3 Å². The van der Waals surface area contributed by atoms with Gasteiger partial charge in [-0.05, 0) is 53.7 Å². The van der Waals surface area contributed by atoms with Crippen molar-refractivity contribution in [2.45, 2.75) is 20.1 Å². The van der Waals surface area contributed by atoms with Crippen molar-refractivity contribution in [3.8, 4) is 5.75 Å². The summed E-state index contributed by atoms with van der Waals surface area (Å²) < 4.78 is 21.3. The molecule has 4 aromatic rings. The van der Waals surface area contributed by atoms with Crippen molar-refractivity contribution >= 4 is 32.6 Å². The molecule has 0 atom stereocenters. The van der Waals surface area contributed by atoms with Gasteiger partial charge in [-0.3, -0.25) is 10.1 Å². The van der Waals surface area contributed by atoms with Gasteiger partial charge in [0.05, 0.1) is 10.2 Å². The molecule has 0 radical (unpaired) electrons. The third-order valence-corrected chi connectivity index (χ3v) is 4.87. The minimum absolute atomic E-state index is 0.190. The van der Waals surface area contributed by atoms with Crippen LogP contribution in [0.15, 0.2) is 42.5 Å². The molecule has 10 heteroatoms. The highest BCUT2D eigenvalue weighted by atomic mass is 32.1. The fraction of sp³-hybridized carbons (Fsp3) is 0.167. The van der Waals surface area contributed by atoms with Crippen molar-refractivity contribution in [2.24, 2.45) is 0 Å². The highest BCUT2D eigenvalue weighted by Crippen LogP contribution is 2.27. The summed E-state index contributed by atoms with van der Waals surface area (Å²) in [5.74, 6) is 0.445. The maximum absolute atomic E-state index is 13.3. The summed E-state index contributed by atoms with van der Waals surface area (Å²) in [4.78, 5) is 16.8. The predicted molar refractivity (Wildman–Crippen MR) is 102 cm³/mol. The zero-order valence-corrected chi connectivity index (χ0v) is 15.6. The lowest BCUT2D eigenvalue weighted by Crippen LogP contribution is -2.12. The van der Waals surface area contributed by atoms with E-state index in [4.69, 9.17) is 4.74 Å². The molecule has 0 aliphatic rings. The summed E-state index contributed by atoms with van der Waals surface area (Å²) in [6, 6.07) is 11.1. The minimum atomic E-state index is -0.340. The first-order valence-electron chi connectivity index (χ1n) is 8.47. The van der Waals surface area contributed by atoms with Gasteiger partial charge in [0.2, 0.25) is 0 Å². The Morgan fingerprint density at radius 2 is 2.18 bits per heavy atom. The first-order valence-corrected chi connectivity index (χ1v) is 9.29. The van der Waals surface area contributed by atoms with E-state index in [1.807, 2.05) is 6.92 Å². The number of benzene rings is 2. The van der Waals surface area contributed by atoms with Crippen molar-refractivity contribution < 1.29 is 13.9 Å². The zero-order valence-electron chi connectivity index (χ0n) is 14.8. The number of carbonyl (C=O) groups excluding carboxylic acids is 1. The molecule has 0 saturated heterocycles. The molecule has 0 aliphatic heterocycles. The molecular weight excluding hydrogens is 383 g/mol. The number of hydrogen-bond acceptors (Lipinski definition) is 7. The SMILES string of the molecule is CCn1nnnc1COc1cccc(C(=O)Nc2nc3ccc(F)cc3s2)c1. The van der Waals surface area contributed by atoms with Crippen molar-refractivity contribution in [1.29, 1.82) is 0 Å². The van der Waals surface area contributed by atoms with Gasteiger partial charge >= 0.3 is 0 Å². The van der Waals surface area contributed by atoms with Gasteiger partial charge in [0.25, 0.3) is 5.91 Å². The minimum Gasteiger partial charge on any atom is -0.486 e. The number of rotatable bonds is 6. The van der Waals surface area contributed by atoms with E-state index < -0.39 is 0 Å². The highest BCUT2D eigenvalue weighted by molar-refractivity contribution is 7.22. The molecule has 2 aromatic carbocycles. The number of aryl methyl sites for hydroxylation is 1. The number of tetrazole rings is 1. The van der Waals surface area contributed by atoms with Crippen LogP contribution in [0.5, 0.6) is 5.75 Å². The predicted octanol–water partition coefficient (Wildman–Crippen LogP) is 3.27. The molecule has 142 valence electrons. The number of ether oxygens (including phenoxy) is 1. The molecule has 4 rings (SSSR count). The third kappa shape index (κ3) is 3.81. The number of amides is 1. The van der Waals surface area contributed by atoms with Crippen LogP contribution in [0.1, 0.15) is 23.1 Å². The van der Waals surface area contributed by atoms with Crippen LogP contribution in [0.4, 0.5) is 9.52 Å². The molecule has 2 aromatic heterocycles. The Morgan fingerprint density at radius 3 is 3.04 bits per heavy atom. The Labute approximate surface area is 163 Å². The Kier molecular flexibility index (Phi) is 4.94. The Balaban J connectivity index is 1.46. The molecule has 0 saturated carbocycles. The number of thiazole rings is 1. The van der Waals surface area contributed by atoms with Crippen molar-refractivity contribution in [1.82, 2.24) is 25.2 Å². The second-order valence-electron chi connectivity index (χ2n) is 5.81. The monoisotopic (exact) mass is 398 g/mol. The van der Waals surface area contributed by atoms with Gasteiger partial charge in [0, 0.05) is 12.1 Å². The lowest BCUT2D eigenvalue weighted by atomic mass is 10.2. The van der Waals surface area contributed by atoms with Gasteiger partial charge in [-0.2, -0.15) is 0 Å². The van der Waals surface area contributed by atoms with Gasteiger partial charge in [0.1, 0.15) is 18.2 Å². The number of hydrogen-bond donors (Lipinski definition) is 1. The molecule has 0 bridgehead atoms. The van der Waals surface area contributed by atoms with Crippen molar-refractivity contribution in [3.63, 3.8) is 0 Å². The molecule has 1 N–H and O–H groups in total. The normalized spacial score (nSPS) is 10.9. The first-order chi connectivity index (χ1) is 13.6. The lowest BCUT2D eigenvalue weighted by molar-refractivity contribution is 0.102. The third-order valence-electron chi connectivity index (χ3n) is 3.94. The summed E-state index contributed by atoms with van der Waals surface area (Å²) in [6.07, 6.45) is 0. The van der Waals surface area contributed by atoms with Crippen LogP contribution in [-0.4, -0.2) is 31.1 Å². The van der Waals surface area contributed by atoms with E-state index in [9.17, 15) is 9.18 Å². The van der Waals surface area contributed by atoms with Gasteiger partial charge < -0.3 is 4.74 Å². The maximum Gasteiger partial charge on any atom is 0.257 e. The van der Waals surface area contributed by atoms with Gasteiger partial charge in [-0.1, -0.05) is 17.4 Å². The van der Waals surface area contributed by atoms with E-state index in [1.165, 1.54) is 23.5 Å². The Hall–Kier alpha value is -3.40. The largest absolute Gasteiger partial charge is 0.486 e. The van der Waals surface area contributed by atoms with Crippen molar-refractivity contribution in [2.75, 3.05) is 5.32 Å². The topological polar surface area (TPSA) is 94.8 Å². The standard InChI is InChI=1S/C18H15FN6O2S/c1-2-25-16(22-23-24-25)10-27-13-5-3-4-11(8-13)17(26)21-18-20-14-7-6-12(19)9-15(14)28-18/h3-9H,2,10H2,1H3,(H,20,21,26). The molecule has 8 nitrogen and oxygen atoms in total. The zero-order chi connectivity index (χ0) is 19.5. The number of carbonyl (C=O) groups is 1. The lowest BCUT2D eigenvalue weighted by Gasteiger charge is -2.07. The van der Waals surface area contributed by atoms with Crippen LogP contribution >= 0.6 is 11.3 Å². The fourth-order valence-corrected chi connectivity index (χ4v) is 3.45.